The zero-order valence-corrected chi connectivity index (χ0v) is 12.2. The lowest BCUT2D eigenvalue weighted by Crippen LogP contribution is -2.14. The number of methoxy groups -OCH3 is 1. The number of thioether (sulfide) groups is 1. The second-order valence-electron chi connectivity index (χ2n) is 4.27. The van der Waals surface area contributed by atoms with Gasteiger partial charge in [0.05, 0.1) is 12.7 Å². The summed E-state index contributed by atoms with van der Waals surface area (Å²) in [7, 11) is 1.52. The molecule has 0 aliphatic rings. The Bertz CT molecular complexity index is 662. The van der Waals surface area contributed by atoms with Crippen molar-refractivity contribution in [2.75, 3.05) is 7.11 Å². The molecule has 0 amide bonds. The van der Waals surface area contributed by atoms with Gasteiger partial charge < -0.3 is 15.7 Å². The molecule has 0 spiro atoms. The van der Waals surface area contributed by atoms with Crippen molar-refractivity contribution in [3.05, 3.63) is 59.4 Å². The standard InChI is InChI=1S/C15H15FN2O2S/c1-20-14-6-5-10(7-13(14)15(17)18-19)9-21-12-4-2-3-11(16)8-12/h2-8,19H,9H2,1H3,(H2,17,18). The van der Waals surface area contributed by atoms with Crippen molar-refractivity contribution < 1.29 is 14.3 Å². The molecule has 2 aromatic rings. The summed E-state index contributed by atoms with van der Waals surface area (Å²) in [5.74, 6) is 0.903. The Labute approximate surface area is 126 Å². The van der Waals surface area contributed by atoms with Crippen LogP contribution in [0, 0.1) is 5.82 Å². The zero-order chi connectivity index (χ0) is 15.2. The summed E-state index contributed by atoms with van der Waals surface area (Å²) < 4.78 is 18.3. The van der Waals surface area contributed by atoms with Crippen molar-refractivity contribution in [2.45, 2.75) is 10.6 Å². The summed E-state index contributed by atoms with van der Waals surface area (Å²) in [6.45, 7) is 0. The predicted octanol–water partition coefficient (Wildman–Crippen LogP) is 3.22. The molecule has 6 heteroatoms. The van der Waals surface area contributed by atoms with Crippen LogP contribution in [-0.2, 0) is 5.75 Å². The van der Waals surface area contributed by atoms with Crippen LogP contribution in [-0.4, -0.2) is 18.2 Å². The first-order valence-corrected chi connectivity index (χ1v) is 7.15. The normalized spacial score (nSPS) is 11.4. The smallest absolute Gasteiger partial charge is 0.173 e. The number of hydrogen-bond acceptors (Lipinski definition) is 4. The Hall–Kier alpha value is -2.21. The van der Waals surface area contributed by atoms with Crippen molar-refractivity contribution in [1.82, 2.24) is 0 Å². The number of halogens is 1. The van der Waals surface area contributed by atoms with Gasteiger partial charge in [0.1, 0.15) is 11.6 Å². The summed E-state index contributed by atoms with van der Waals surface area (Å²) in [4.78, 5) is 0.844. The number of hydrogen-bond donors (Lipinski definition) is 2. The highest BCUT2D eigenvalue weighted by atomic mass is 32.2. The Balaban J connectivity index is 2.17. The number of benzene rings is 2. The van der Waals surface area contributed by atoms with Gasteiger partial charge in [0.15, 0.2) is 5.84 Å². The molecule has 0 bridgehead atoms. The van der Waals surface area contributed by atoms with Gasteiger partial charge >= 0.3 is 0 Å². The van der Waals surface area contributed by atoms with E-state index in [1.807, 2.05) is 12.1 Å². The molecule has 0 aromatic heterocycles. The number of rotatable bonds is 5. The van der Waals surface area contributed by atoms with Gasteiger partial charge in [-0.1, -0.05) is 17.3 Å². The Morgan fingerprint density at radius 1 is 1.33 bits per heavy atom. The van der Waals surface area contributed by atoms with E-state index in [0.29, 0.717) is 17.1 Å². The largest absolute Gasteiger partial charge is 0.496 e. The van der Waals surface area contributed by atoms with Crippen molar-refractivity contribution >= 4 is 17.6 Å². The van der Waals surface area contributed by atoms with Crippen LogP contribution in [0.4, 0.5) is 4.39 Å². The molecule has 0 radical (unpaired) electrons. The lowest BCUT2D eigenvalue weighted by Gasteiger charge is -2.09. The number of amidine groups is 1. The fraction of sp³-hybridized carbons (Fsp3) is 0.133. The van der Waals surface area contributed by atoms with Gasteiger partial charge in [-0.15, -0.1) is 11.8 Å². The van der Waals surface area contributed by atoms with E-state index in [-0.39, 0.29) is 11.7 Å². The van der Waals surface area contributed by atoms with Gasteiger partial charge in [-0.2, -0.15) is 0 Å². The van der Waals surface area contributed by atoms with E-state index >= 15 is 0 Å². The summed E-state index contributed by atoms with van der Waals surface area (Å²) in [5.41, 5.74) is 7.12. The maximum absolute atomic E-state index is 13.1. The molecule has 3 N–H and O–H groups in total. The van der Waals surface area contributed by atoms with Crippen molar-refractivity contribution in [3.8, 4) is 5.75 Å². The Morgan fingerprint density at radius 2 is 2.14 bits per heavy atom. The molecule has 0 aliphatic heterocycles. The number of nitrogens with two attached hydrogens (primary N) is 1. The molecule has 2 aromatic carbocycles. The molecule has 110 valence electrons. The lowest BCUT2D eigenvalue weighted by molar-refractivity contribution is 0.318. The first kappa shape index (κ1) is 15.2. The number of ether oxygens (including phenoxy) is 1. The zero-order valence-electron chi connectivity index (χ0n) is 11.4. The topological polar surface area (TPSA) is 67.8 Å². The molecule has 0 fully saturated rings. The second-order valence-corrected chi connectivity index (χ2v) is 5.31. The highest BCUT2D eigenvalue weighted by Gasteiger charge is 2.09. The first-order valence-electron chi connectivity index (χ1n) is 6.17. The van der Waals surface area contributed by atoms with Gasteiger partial charge in [-0.25, -0.2) is 4.39 Å². The monoisotopic (exact) mass is 306 g/mol. The summed E-state index contributed by atoms with van der Waals surface area (Å²) in [6, 6.07) is 11.9. The van der Waals surface area contributed by atoms with Gasteiger partial charge in [0, 0.05) is 10.6 Å². The SMILES string of the molecule is COc1ccc(CSc2cccc(F)c2)cc1/C(N)=N/O. The minimum Gasteiger partial charge on any atom is -0.496 e. The van der Waals surface area contributed by atoms with Crippen LogP contribution in [0.25, 0.3) is 0 Å². The van der Waals surface area contributed by atoms with Crippen molar-refractivity contribution in [1.29, 1.82) is 0 Å². The van der Waals surface area contributed by atoms with E-state index in [2.05, 4.69) is 5.16 Å². The van der Waals surface area contributed by atoms with E-state index in [0.717, 1.165) is 10.5 Å². The maximum atomic E-state index is 13.1. The van der Waals surface area contributed by atoms with E-state index < -0.39 is 0 Å². The Morgan fingerprint density at radius 3 is 2.81 bits per heavy atom. The van der Waals surface area contributed by atoms with Gasteiger partial charge in [0.25, 0.3) is 0 Å². The molecule has 0 saturated carbocycles. The average molecular weight is 306 g/mol. The van der Waals surface area contributed by atoms with Crippen LogP contribution < -0.4 is 10.5 Å². The van der Waals surface area contributed by atoms with Crippen molar-refractivity contribution in [3.63, 3.8) is 0 Å². The third-order valence-electron chi connectivity index (χ3n) is 2.85. The molecule has 0 unspecified atom stereocenters. The van der Waals surface area contributed by atoms with E-state index in [1.165, 1.54) is 31.0 Å². The predicted molar refractivity (Wildman–Crippen MR) is 81.5 cm³/mol. The highest BCUT2D eigenvalue weighted by Crippen LogP contribution is 2.26. The van der Waals surface area contributed by atoms with Crippen LogP contribution >= 0.6 is 11.8 Å². The fourth-order valence-corrected chi connectivity index (χ4v) is 2.71. The van der Waals surface area contributed by atoms with E-state index in [1.54, 1.807) is 18.2 Å². The molecule has 0 saturated heterocycles. The summed E-state index contributed by atoms with van der Waals surface area (Å²) in [5, 5.41) is 11.8. The van der Waals surface area contributed by atoms with Crippen molar-refractivity contribution in [2.24, 2.45) is 10.9 Å². The fourth-order valence-electron chi connectivity index (χ4n) is 1.82. The first-order chi connectivity index (χ1) is 10.1. The molecule has 4 nitrogen and oxygen atoms in total. The van der Waals surface area contributed by atoms with Crippen LogP contribution in [0.5, 0.6) is 5.75 Å². The third kappa shape index (κ3) is 3.88. The van der Waals surface area contributed by atoms with Crippen LogP contribution in [0.2, 0.25) is 0 Å². The van der Waals surface area contributed by atoms with Crippen LogP contribution in [0.1, 0.15) is 11.1 Å². The summed E-state index contributed by atoms with van der Waals surface area (Å²) in [6.07, 6.45) is 0. The van der Waals surface area contributed by atoms with E-state index in [4.69, 9.17) is 15.7 Å². The molecule has 2 rings (SSSR count). The van der Waals surface area contributed by atoms with Gasteiger partial charge in [-0.3, -0.25) is 0 Å². The second kappa shape index (κ2) is 6.99. The highest BCUT2D eigenvalue weighted by molar-refractivity contribution is 7.98. The quantitative estimate of drug-likeness (QED) is 0.293. The van der Waals surface area contributed by atoms with Crippen LogP contribution in [0.15, 0.2) is 52.5 Å². The molecule has 0 aliphatic carbocycles. The lowest BCUT2D eigenvalue weighted by atomic mass is 10.1. The molecule has 21 heavy (non-hydrogen) atoms. The Kier molecular flexibility index (Phi) is 5.05. The molecule has 0 heterocycles. The molecular weight excluding hydrogens is 291 g/mol. The maximum Gasteiger partial charge on any atom is 0.173 e. The minimum absolute atomic E-state index is 0.00976. The molecular formula is C15H15FN2O2S. The van der Waals surface area contributed by atoms with Gasteiger partial charge in [-0.05, 0) is 35.9 Å². The van der Waals surface area contributed by atoms with Crippen LogP contribution in [0.3, 0.4) is 0 Å². The molecule has 0 atom stereocenters. The van der Waals surface area contributed by atoms with Gasteiger partial charge in [0.2, 0.25) is 0 Å². The number of oxime groups is 1. The average Bonchev–Trinajstić information content (AvgIpc) is 2.52. The third-order valence-corrected chi connectivity index (χ3v) is 3.91. The minimum atomic E-state index is -0.257. The summed E-state index contributed by atoms with van der Waals surface area (Å²) >= 11 is 1.51. The number of nitrogens with zero attached hydrogens (tertiary/aromatic N) is 1. The van der Waals surface area contributed by atoms with E-state index in [9.17, 15) is 4.39 Å².